The molecule has 0 aliphatic rings. The highest BCUT2D eigenvalue weighted by Gasteiger charge is 2.08. The van der Waals surface area contributed by atoms with Crippen molar-refractivity contribution in [3.05, 3.63) is 78.9 Å². The second kappa shape index (κ2) is 6.05. The van der Waals surface area contributed by atoms with Crippen LogP contribution in [-0.2, 0) is 12.8 Å². The molecule has 0 fully saturated rings. The Balaban J connectivity index is 2.57. The van der Waals surface area contributed by atoms with Crippen LogP contribution in [-0.4, -0.2) is 5.11 Å². The van der Waals surface area contributed by atoms with Crippen LogP contribution in [0.4, 0.5) is 0 Å². The van der Waals surface area contributed by atoms with Crippen molar-refractivity contribution in [2.75, 3.05) is 0 Å². The van der Waals surface area contributed by atoms with Crippen molar-refractivity contribution in [3.63, 3.8) is 0 Å². The first kappa shape index (κ1) is 13.2. The molecule has 0 heterocycles. The standard InChI is InChI=1S/C18H18O/c1-3-7-14-9-5-6-10-17(14)18-12-11-16(19)13-15(18)8-4-2/h3-6,9-13,19H,1-2,7-8H2. The molecule has 0 bridgehead atoms. The van der Waals surface area contributed by atoms with Crippen molar-refractivity contribution in [1.82, 2.24) is 0 Å². The van der Waals surface area contributed by atoms with Crippen LogP contribution in [0.2, 0.25) is 0 Å². The monoisotopic (exact) mass is 250 g/mol. The van der Waals surface area contributed by atoms with Gasteiger partial charge in [-0.25, -0.2) is 0 Å². The zero-order chi connectivity index (χ0) is 13.7. The minimum absolute atomic E-state index is 0.293. The molecule has 0 aliphatic heterocycles. The molecule has 0 atom stereocenters. The molecule has 96 valence electrons. The predicted octanol–water partition coefficient (Wildman–Crippen LogP) is 4.52. The Morgan fingerprint density at radius 3 is 2.21 bits per heavy atom. The van der Waals surface area contributed by atoms with Crippen LogP contribution in [0.15, 0.2) is 67.8 Å². The number of hydrogen-bond acceptors (Lipinski definition) is 1. The Labute approximate surface area is 114 Å². The first-order chi connectivity index (χ1) is 9.26. The number of benzene rings is 2. The fourth-order valence-corrected chi connectivity index (χ4v) is 2.28. The molecule has 0 saturated carbocycles. The summed E-state index contributed by atoms with van der Waals surface area (Å²) in [6.45, 7) is 7.59. The fraction of sp³-hybridized carbons (Fsp3) is 0.111. The van der Waals surface area contributed by atoms with E-state index in [0.29, 0.717) is 5.75 Å². The van der Waals surface area contributed by atoms with E-state index >= 15 is 0 Å². The molecule has 0 amide bonds. The van der Waals surface area contributed by atoms with Gasteiger partial charge in [-0.2, -0.15) is 0 Å². The maximum atomic E-state index is 9.63. The number of rotatable bonds is 5. The zero-order valence-electron chi connectivity index (χ0n) is 11.0. The van der Waals surface area contributed by atoms with Gasteiger partial charge >= 0.3 is 0 Å². The highest BCUT2D eigenvalue weighted by Crippen LogP contribution is 2.30. The van der Waals surface area contributed by atoms with Gasteiger partial charge in [-0.05, 0) is 47.2 Å². The van der Waals surface area contributed by atoms with Crippen LogP contribution in [0.25, 0.3) is 11.1 Å². The van der Waals surface area contributed by atoms with Crippen LogP contribution >= 0.6 is 0 Å². The lowest BCUT2D eigenvalue weighted by Crippen LogP contribution is -1.92. The van der Waals surface area contributed by atoms with E-state index in [9.17, 15) is 5.11 Å². The van der Waals surface area contributed by atoms with Gasteiger partial charge in [0.1, 0.15) is 5.75 Å². The largest absolute Gasteiger partial charge is 0.508 e. The van der Waals surface area contributed by atoms with Crippen LogP contribution < -0.4 is 0 Å². The number of phenolic OH excluding ortho intramolecular Hbond substituents is 1. The summed E-state index contributed by atoms with van der Waals surface area (Å²) >= 11 is 0. The van der Waals surface area contributed by atoms with E-state index in [2.05, 4.69) is 25.3 Å². The molecule has 2 aromatic carbocycles. The quantitative estimate of drug-likeness (QED) is 0.774. The summed E-state index contributed by atoms with van der Waals surface area (Å²) in [5, 5.41) is 9.63. The summed E-state index contributed by atoms with van der Waals surface area (Å²) in [4.78, 5) is 0. The normalized spacial score (nSPS) is 10.1. The molecule has 0 aliphatic carbocycles. The summed E-state index contributed by atoms with van der Waals surface area (Å²) < 4.78 is 0. The van der Waals surface area contributed by atoms with E-state index in [1.807, 2.05) is 36.4 Å². The average Bonchev–Trinajstić information content (AvgIpc) is 2.41. The van der Waals surface area contributed by atoms with Gasteiger partial charge in [0.25, 0.3) is 0 Å². The third kappa shape index (κ3) is 2.94. The minimum Gasteiger partial charge on any atom is -0.508 e. The van der Waals surface area contributed by atoms with E-state index in [0.717, 1.165) is 24.0 Å². The van der Waals surface area contributed by atoms with Gasteiger partial charge in [0.2, 0.25) is 0 Å². The molecule has 1 nitrogen and oxygen atoms in total. The first-order valence-corrected chi connectivity index (χ1v) is 6.38. The molecule has 0 radical (unpaired) electrons. The molecular weight excluding hydrogens is 232 g/mol. The van der Waals surface area contributed by atoms with E-state index in [4.69, 9.17) is 0 Å². The Bertz CT molecular complexity index is 596. The summed E-state index contributed by atoms with van der Waals surface area (Å²) in [6.07, 6.45) is 5.34. The van der Waals surface area contributed by atoms with E-state index in [1.54, 1.807) is 6.07 Å². The van der Waals surface area contributed by atoms with Gasteiger partial charge in [0.15, 0.2) is 0 Å². The van der Waals surface area contributed by atoms with Gasteiger partial charge in [0, 0.05) is 0 Å². The summed E-state index contributed by atoms with van der Waals surface area (Å²) in [6, 6.07) is 13.8. The summed E-state index contributed by atoms with van der Waals surface area (Å²) in [7, 11) is 0. The van der Waals surface area contributed by atoms with Crippen molar-refractivity contribution in [2.45, 2.75) is 12.8 Å². The van der Waals surface area contributed by atoms with Gasteiger partial charge in [-0.1, -0.05) is 42.5 Å². The highest BCUT2D eigenvalue weighted by molar-refractivity contribution is 5.72. The molecule has 0 saturated heterocycles. The Morgan fingerprint density at radius 2 is 1.47 bits per heavy atom. The van der Waals surface area contributed by atoms with Crippen LogP contribution in [0.5, 0.6) is 5.75 Å². The molecule has 0 unspecified atom stereocenters. The van der Waals surface area contributed by atoms with Crippen LogP contribution in [0.1, 0.15) is 11.1 Å². The Kier molecular flexibility index (Phi) is 4.19. The molecule has 2 rings (SSSR count). The Hall–Kier alpha value is -2.28. The molecule has 19 heavy (non-hydrogen) atoms. The summed E-state index contributed by atoms with van der Waals surface area (Å²) in [5.74, 6) is 0.293. The lowest BCUT2D eigenvalue weighted by molar-refractivity contribution is 0.475. The Morgan fingerprint density at radius 1 is 0.842 bits per heavy atom. The highest BCUT2D eigenvalue weighted by atomic mass is 16.3. The third-order valence-corrected chi connectivity index (χ3v) is 3.12. The topological polar surface area (TPSA) is 20.2 Å². The molecule has 0 aromatic heterocycles. The van der Waals surface area contributed by atoms with Crippen LogP contribution in [0.3, 0.4) is 0 Å². The molecule has 1 heteroatoms. The lowest BCUT2D eigenvalue weighted by atomic mass is 9.92. The first-order valence-electron chi connectivity index (χ1n) is 6.38. The lowest BCUT2D eigenvalue weighted by Gasteiger charge is -2.12. The fourth-order valence-electron chi connectivity index (χ4n) is 2.28. The molecular formula is C18H18O. The molecule has 0 spiro atoms. The SMILES string of the molecule is C=CCc1ccccc1-c1ccc(O)cc1CC=C. The van der Waals surface area contributed by atoms with E-state index in [1.165, 1.54) is 11.1 Å². The van der Waals surface area contributed by atoms with Crippen LogP contribution in [0, 0.1) is 0 Å². The maximum Gasteiger partial charge on any atom is 0.115 e. The van der Waals surface area contributed by atoms with Crippen molar-refractivity contribution in [1.29, 1.82) is 0 Å². The van der Waals surface area contributed by atoms with Crippen molar-refractivity contribution in [2.24, 2.45) is 0 Å². The molecule has 2 aromatic rings. The summed E-state index contributed by atoms with van der Waals surface area (Å²) in [5.41, 5.74) is 4.68. The second-order valence-electron chi connectivity index (χ2n) is 4.48. The van der Waals surface area contributed by atoms with E-state index < -0.39 is 0 Å². The van der Waals surface area contributed by atoms with Gasteiger partial charge in [-0.15, -0.1) is 13.2 Å². The number of allylic oxidation sites excluding steroid dienone is 2. The van der Waals surface area contributed by atoms with Crippen molar-refractivity contribution < 1.29 is 5.11 Å². The second-order valence-corrected chi connectivity index (χ2v) is 4.48. The maximum absolute atomic E-state index is 9.63. The zero-order valence-corrected chi connectivity index (χ0v) is 11.0. The number of phenols is 1. The number of aromatic hydroxyl groups is 1. The smallest absolute Gasteiger partial charge is 0.115 e. The predicted molar refractivity (Wildman–Crippen MR) is 81.3 cm³/mol. The average molecular weight is 250 g/mol. The van der Waals surface area contributed by atoms with Gasteiger partial charge in [-0.3, -0.25) is 0 Å². The van der Waals surface area contributed by atoms with E-state index in [-0.39, 0.29) is 0 Å². The van der Waals surface area contributed by atoms with Gasteiger partial charge < -0.3 is 5.11 Å². The minimum atomic E-state index is 0.293. The molecule has 1 N–H and O–H groups in total. The number of hydrogen-bond donors (Lipinski definition) is 1. The van der Waals surface area contributed by atoms with Crippen molar-refractivity contribution >= 4 is 0 Å². The van der Waals surface area contributed by atoms with Crippen molar-refractivity contribution in [3.8, 4) is 16.9 Å². The van der Waals surface area contributed by atoms with Gasteiger partial charge in [0.05, 0.1) is 0 Å². The third-order valence-electron chi connectivity index (χ3n) is 3.12.